The Bertz CT molecular complexity index is 323. The largest absolute Gasteiger partial charge is 0.480 e. The molecule has 0 aromatic carbocycles. The first-order valence-electron chi connectivity index (χ1n) is 6.55. The highest BCUT2D eigenvalue weighted by Crippen LogP contribution is 2.26. The Balaban J connectivity index is 2.21. The first kappa shape index (κ1) is 15.8. The summed E-state index contributed by atoms with van der Waals surface area (Å²) in [5.74, 6) is -0.652. The Morgan fingerprint density at radius 2 is 2.00 bits per heavy atom. The zero-order valence-corrected chi connectivity index (χ0v) is 11.8. The molecule has 1 rings (SSSR count). The number of aliphatic carboxylic acids is 1. The highest BCUT2D eigenvalue weighted by atomic mass is 16.6. The molecule has 0 bridgehead atoms. The second-order valence-corrected chi connectivity index (χ2v) is 5.93. The Hall–Kier alpha value is -1.30. The molecule has 0 spiro atoms. The molecular weight excluding hydrogens is 250 g/mol. The molecule has 2 atom stereocenters. The summed E-state index contributed by atoms with van der Waals surface area (Å²) >= 11 is 0. The second kappa shape index (κ2) is 6.75. The molecule has 0 radical (unpaired) electrons. The highest BCUT2D eigenvalue weighted by molar-refractivity contribution is 5.68. The lowest BCUT2D eigenvalue weighted by atomic mass is 10.1. The van der Waals surface area contributed by atoms with Crippen molar-refractivity contribution in [3.05, 3.63) is 0 Å². The van der Waals surface area contributed by atoms with E-state index in [2.05, 4.69) is 5.32 Å². The van der Waals surface area contributed by atoms with Gasteiger partial charge in [0.15, 0.2) is 0 Å². The Labute approximate surface area is 113 Å². The van der Waals surface area contributed by atoms with Crippen molar-refractivity contribution in [2.45, 2.75) is 51.7 Å². The number of hydrogen-bond donors (Lipinski definition) is 2. The van der Waals surface area contributed by atoms with Crippen molar-refractivity contribution >= 4 is 12.1 Å². The van der Waals surface area contributed by atoms with Gasteiger partial charge in [0, 0.05) is 6.04 Å². The van der Waals surface area contributed by atoms with E-state index in [1.807, 2.05) is 20.8 Å². The summed E-state index contributed by atoms with van der Waals surface area (Å²) in [6, 6.07) is 0.0910. The van der Waals surface area contributed by atoms with Crippen LogP contribution in [0.5, 0.6) is 0 Å². The van der Waals surface area contributed by atoms with Crippen LogP contribution in [0.1, 0.15) is 40.0 Å². The van der Waals surface area contributed by atoms with E-state index in [1.165, 1.54) is 0 Å². The Morgan fingerprint density at radius 1 is 1.32 bits per heavy atom. The summed E-state index contributed by atoms with van der Waals surface area (Å²) in [4.78, 5) is 21.9. The smallest absolute Gasteiger partial charge is 0.407 e. The fraction of sp³-hybridized carbons (Fsp3) is 0.846. The van der Waals surface area contributed by atoms with Crippen LogP contribution in [0.3, 0.4) is 0 Å². The summed E-state index contributed by atoms with van der Waals surface area (Å²) in [6.07, 6.45) is 2.21. The van der Waals surface area contributed by atoms with Gasteiger partial charge in [-0.2, -0.15) is 0 Å². The minimum absolute atomic E-state index is 0.0910. The van der Waals surface area contributed by atoms with E-state index in [0.29, 0.717) is 12.5 Å². The van der Waals surface area contributed by atoms with Crippen molar-refractivity contribution in [1.82, 2.24) is 5.32 Å². The normalized spacial score (nSPS) is 23.1. The lowest BCUT2D eigenvalue weighted by Crippen LogP contribution is -2.38. The standard InChI is InChI=1S/C13H23NO5/c1-13(2,3)19-12(17)14-10-5-4-9(6-10)7-18-8-11(15)16/h9-10H,4-8H2,1-3H3,(H,14,17)(H,15,16)/t9-,10-/m1/s1. The van der Waals surface area contributed by atoms with Crippen LogP contribution in [0.4, 0.5) is 4.79 Å². The van der Waals surface area contributed by atoms with Crippen LogP contribution in [-0.4, -0.2) is 42.0 Å². The number of amides is 1. The van der Waals surface area contributed by atoms with Gasteiger partial charge in [-0.05, 0) is 46.0 Å². The predicted molar refractivity (Wildman–Crippen MR) is 69.0 cm³/mol. The van der Waals surface area contributed by atoms with Crippen LogP contribution in [0, 0.1) is 5.92 Å². The third kappa shape index (κ3) is 7.00. The van der Waals surface area contributed by atoms with Gasteiger partial charge in [0.1, 0.15) is 12.2 Å². The molecule has 0 aliphatic heterocycles. The molecule has 0 aromatic rings. The van der Waals surface area contributed by atoms with E-state index in [9.17, 15) is 9.59 Å². The van der Waals surface area contributed by atoms with Crippen molar-refractivity contribution < 1.29 is 24.2 Å². The lowest BCUT2D eigenvalue weighted by molar-refractivity contribution is -0.142. The Kier molecular flexibility index (Phi) is 5.60. The van der Waals surface area contributed by atoms with Crippen LogP contribution in [0.25, 0.3) is 0 Å². The molecule has 6 nitrogen and oxygen atoms in total. The van der Waals surface area contributed by atoms with Gasteiger partial charge in [0.25, 0.3) is 0 Å². The molecule has 1 amide bonds. The summed E-state index contributed by atoms with van der Waals surface area (Å²) in [6.45, 7) is 5.64. The number of carbonyl (C=O) groups excluding carboxylic acids is 1. The second-order valence-electron chi connectivity index (χ2n) is 5.93. The third-order valence-electron chi connectivity index (χ3n) is 2.84. The summed E-state index contributed by atoms with van der Waals surface area (Å²) in [7, 11) is 0. The maximum atomic E-state index is 11.6. The predicted octanol–water partition coefficient (Wildman–Crippen LogP) is 1.78. The number of hydrogen-bond acceptors (Lipinski definition) is 4. The quantitative estimate of drug-likeness (QED) is 0.797. The van der Waals surface area contributed by atoms with Crippen LogP contribution in [0.15, 0.2) is 0 Å². The molecule has 0 unspecified atom stereocenters. The monoisotopic (exact) mass is 273 g/mol. The van der Waals surface area contributed by atoms with Gasteiger partial charge in [0.2, 0.25) is 0 Å². The van der Waals surface area contributed by atoms with E-state index in [4.69, 9.17) is 14.6 Å². The molecule has 1 aliphatic rings. The van der Waals surface area contributed by atoms with E-state index in [-0.39, 0.29) is 12.6 Å². The van der Waals surface area contributed by atoms with Crippen LogP contribution < -0.4 is 5.32 Å². The van der Waals surface area contributed by atoms with Gasteiger partial charge in [-0.15, -0.1) is 0 Å². The van der Waals surface area contributed by atoms with Crippen molar-refractivity contribution in [3.63, 3.8) is 0 Å². The SMILES string of the molecule is CC(C)(C)OC(=O)N[C@@H]1CC[C@@H](COCC(=O)O)C1. The average molecular weight is 273 g/mol. The summed E-state index contributed by atoms with van der Waals surface area (Å²) < 4.78 is 10.3. The first-order chi connectivity index (χ1) is 8.76. The number of rotatable bonds is 5. The van der Waals surface area contributed by atoms with E-state index in [0.717, 1.165) is 19.3 Å². The molecular formula is C13H23NO5. The maximum Gasteiger partial charge on any atom is 0.407 e. The number of alkyl carbamates (subject to hydrolysis) is 1. The van der Waals surface area contributed by atoms with Gasteiger partial charge in [-0.1, -0.05) is 0 Å². The van der Waals surface area contributed by atoms with Gasteiger partial charge < -0.3 is 19.9 Å². The molecule has 1 fully saturated rings. The number of carbonyl (C=O) groups is 2. The van der Waals surface area contributed by atoms with Crippen molar-refractivity contribution in [1.29, 1.82) is 0 Å². The number of nitrogens with one attached hydrogen (secondary N) is 1. The van der Waals surface area contributed by atoms with Crippen LogP contribution >= 0.6 is 0 Å². The zero-order chi connectivity index (χ0) is 14.5. The zero-order valence-electron chi connectivity index (χ0n) is 11.8. The van der Waals surface area contributed by atoms with E-state index in [1.54, 1.807) is 0 Å². The molecule has 110 valence electrons. The van der Waals surface area contributed by atoms with Gasteiger partial charge in [-0.3, -0.25) is 0 Å². The molecule has 19 heavy (non-hydrogen) atoms. The number of ether oxygens (including phenoxy) is 2. The van der Waals surface area contributed by atoms with Crippen LogP contribution in [0.2, 0.25) is 0 Å². The van der Waals surface area contributed by atoms with Gasteiger partial charge >= 0.3 is 12.1 Å². The Morgan fingerprint density at radius 3 is 2.58 bits per heavy atom. The molecule has 1 aliphatic carbocycles. The highest BCUT2D eigenvalue weighted by Gasteiger charge is 2.27. The van der Waals surface area contributed by atoms with E-state index >= 15 is 0 Å². The lowest BCUT2D eigenvalue weighted by Gasteiger charge is -2.21. The first-order valence-corrected chi connectivity index (χ1v) is 6.55. The number of carboxylic acid groups (broad SMARTS) is 1. The number of carboxylic acids is 1. The molecule has 2 N–H and O–H groups in total. The van der Waals surface area contributed by atoms with Crippen molar-refractivity contribution in [3.8, 4) is 0 Å². The minimum atomic E-state index is -0.957. The summed E-state index contributed by atoms with van der Waals surface area (Å²) in [5.41, 5.74) is -0.493. The van der Waals surface area contributed by atoms with Crippen molar-refractivity contribution in [2.75, 3.05) is 13.2 Å². The molecule has 0 saturated heterocycles. The minimum Gasteiger partial charge on any atom is -0.480 e. The fourth-order valence-corrected chi connectivity index (χ4v) is 2.14. The molecule has 0 aromatic heterocycles. The van der Waals surface area contributed by atoms with Gasteiger partial charge in [-0.25, -0.2) is 9.59 Å². The molecule has 1 saturated carbocycles. The topological polar surface area (TPSA) is 84.9 Å². The molecule has 0 heterocycles. The van der Waals surface area contributed by atoms with Crippen LogP contribution in [-0.2, 0) is 14.3 Å². The van der Waals surface area contributed by atoms with Crippen molar-refractivity contribution in [2.24, 2.45) is 5.92 Å². The average Bonchev–Trinajstić information content (AvgIpc) is 2.61. The fourth-order valence-electron chi connectivity index (χ4n) is 2.14. The molecule has 6 heteroatoms. The van der Waals surface area contributed by atoms with E-state index < -0.39 is 17.7 Å². The summed E-state index contributed by atoms with van der Waals surface area (Å²) in [5, 5.41) is 11.3. The third-order valence-corrected chi connectivity index (χ3v) is 2.84. The van der Waals surface area contributed by atoms with Gasteiger partial charge in [0.05, 0.1) is 6.61 Å². The maximum absolute atomic E-state index is 11.6.